The highest BCUT2D eigenvalue weighted by molar-refractivity contribution is 9.08. The summed E-state index contributed by atoms with van der Waals surface area (Å²) in [6.45, 7) is 2.92. The predicted molar refractivity (Wildman–Crippen MR) is 81.5 cm³/mol. The molecule has 1 aromatic heterocycles. The third-order valence-corrected chi connectivity index (χ3v) is 4.56. The Labute approximate surface area is 127 Å². The summed E-state index contributed by atoms with van der Waals surface area (Å²) in [6.07, 6.45) is 2.18. The first-order chi connectivity index (χ1) is 9.47. The van der Waals surface area contributed by atoms with Gasteiger partial charge in [-0.05, 0) is 30.7 Å². The van der Waals surface area contributed by atoms with Gasteiger partial charge < -0.3 is 4.57 Å². The zero-order valence-electron chi connectivity index (χ0n) is 11.4. The van der Waals surface area contributed by atoms with E-state index < -0.39 is 9.84 Å². The number of sulfone groups is 1. The zero-order valence-corrected chi connectivity index (χ0v) is 13.8. The lowest BCUT2D eigenvalue weighted by Gasteiger charge is -2.08. The first kappa shape index (κ1) is 15.2. The maximum atomic E-state index is 11.5. The molecule has 0 atom stereocenters. The number of nitrogens with zero attached hydrogens (tertiary/aromatic N) is 3. The van der Waals surface area contributed by atoms with Crippen LogP contribution in [-0.2, 0) is 21.7 Å². The second-order valence-electron chi connectivity index (χ2n) is 4.52. The van der Waals surface area contributed by atoms with Gasteiger partial charge in [0, 0.05) is 18.4 Å². The molecule has 0 fully saturated rings. The number of rotatable bonds is 5. The number of hydrogen-bond donors (Lipinski definition) is 0. The van der Waals surface area contributed by atoms with E-state index in [0.717, 1.165) is 30.2 Å². The van der Waals surface area contributed by atoms with Crippen molar-refractivity contribution in [2.75, 3.05) is 6.26 Å². The third kappa shape index (κ3) is 3.09. The quantitative estimate of drug-likeness (QED) is 0.771. The van der Waals surface area contributed by atoms with Crippen LogP contribution in [0.5, 0.6) is 0 Å². The van der Waals surface area contributed by atoms with Crippen molar-refractivity contribution in [2.24, 2.45) is 0 Å². The molecule has 1 heterocycles. The van der Waals surface area contributed by atoms with E-state index in [9.17, 15) is 8.42 Å². The summed E-state index contributed by atoms with van der Waals surface area (Å²) in [5, 5.41) is 8.99. The molecule has 1 aromatic carbocycles. The van der Waals surface area contributed by atoms with E-state index >= 15 is 0 Å². The van der Waals surface area contributed by atoms with Crippen molar-refractivity contribution in [3.8, 4) is 11.4 Å². The number of alkyl halides is 1. The highest BCUT2D eigenvalue weighted by Crippen LogP contribution is 2.21. The van der Waals surface area contributed by atoms with Gasteiger partial charge in [-0.2, -0.15) is 0 Å². The molecule has 0 saturated carbocycles. The lowest BCUT2D eigenvalue weighted by Crippen LogP contribution is -2.04. The molecule has 0 spiro atoms. The van der Waals surface area contributed by atoms with Crippen LogP contribution in [0.25, 0.3) is 11.4 Å². The summed E-state index contributed by atoms with van der Waals surface area (Å²) in [6, 6.07) is 6.74. The largest absolute Gasteiger partial charge is 0.310 e. The van der Waals surface area contributed by atoms with Gasteiger partial charge in [0.2, 0.25) is 0 Å². The van der Waals surface area contributed by atoms with Gasteiger partial charge >= 0.3 is 0 Å². The maximum Gasteiger partial charge on any atom is 0.175 e. The van der Waals surface area contributed by atoms with Gasteiger partial charge in [-0.1, -0.05) is 22.9 Å². The second-order valence-corrected chi connectivity index (χ2v) is 7.10. The summed E-state index contributed by atoms with van der Waals surface area (Å²) in [4.78, 5) is 0.309. The van der Waals surface area contributed by atoms with Crippen molar-refractivity contribution in [1.82, 2.24) is 14.8 Å². The van der Waals surface area contributed by atoms with Gasteiger partial charge in [-0.25, -0.2) is 8.42 Å². The molecule has 5 nitrogen and oxygen atoms in total. The summed E-state index contributed by atoms with van der Waals surface area (Å²) < 4.78 is 25.0. The van der Waals surface area contributed by atoms with Crippen molar-refractivity contribution in [2.45, 2.75) is 30.1 Å². The Bertz CT molecular complexity index is 693. The molecular formula is C13H16BrN3O2S. The van der Waals surface area contributed by atoms with Crippen LogP contribution in [-0.4, -0.2) is 29.4 Å². The van der Waals surface area contributed by atoms with Crippen LogP contribution in [0, 0.1) is 0 Å². The maximum absolute atomic E-state index is 11.5. The van der Waals surface area contributed by atoms with Crippen molar-refractivity contribution in [3.63, 3.8) is 0 Å². The van der Waals surface area contributed by atoms with Crippen LogP contribution in [0.15, 0.2) is 29.2 Å². The lowest BCUT2D eigenvalue weighted by molar-refractivity contribution is 0.602. The minimum Gasteiger partial charge on any atom is -0.310 e. The Morgan fingerprint density at radius 1 is 1.20 bits per heavy atom. The fourth-order valence-electron chi connectivity index (χ4n) is 1.96. The van der Waals surface area contributed by atoms with Gasteiger partial charge in [-0.3, -0.25) is 0 Å². The smallest absolute Gasteiger partial charge is 0.175 e. The van der Waals surface area contributed by atoms with Gasteiger partial charge in [0.25, 0.3) is 0 Å². The topological polar surface area (TPSA) is 64.8 Å². The van der Waals surface area contributed by atoms with E-state index in [1.807, 2.05) is 4.57 Å². The van der Waals surface area contributed by atoms with E-state index in [4.69, 9.17) is 0 Å². The van der Waals surface area contributed by atoms with E-state index in [1.165, 1.54) is 6.26 Å². The van der Waals surface area contributed by atoms with Crippen molar-refractivity contribution >= 4 is 25.8 Å². The number of hydrogen-bond acceptors (Lipinski definition) is 4. The molecule has 7 heteroatoms. The van der Waals surface area contributed by atoms with Crippen LogP contribution in [0.2, 0.25) is 0 Å². The molecule has 0 radical (unpaired) electrons. The van der Waals surface area contributed by atoms with Crippen LogP contribution in [0.3, 0.4) is 0 Å². The van der Waals surface area contributed by atoms with Gasteiger partial charge in [-0.15, -0.1) is 10.2 Å². The second kappa shape index (κ2) is 6.05. The summed E-state index contributed by atoms with van der Waals surface area (Å²) in [5.74, 6) is 1.63. The average Bonchev–Trinajstić information content (AvgIpc) is 2.81. The Kier molecular flexibility index (Phi) is 4.59. The van der Waals surface area contributed by atoms with Crippen LogP contribution in [0.4, 0.5) is 0 Å². The highest BCUT2D eigenvalue weighted by Gasteiger charge is 2.13. The lowest BCUT2D eigenvalue weighted by atomic mass is 10.2. The minimum absolute atomic E-state index is 0.309. The molecule has 2 aromatic rings. The molecular weight excluding hydrogens is 342 g/mol. The molecule has 2 rings (SSSR count). The highest BCUT2D eigenvalue weighted by atomic mass is 79.9. The fourth-order valence-corrected chi connectivity index (χ4v) is 3.00. The number of aromatic nitrogens is 3. The minimum atomic E-state index is -3.17. The van der Waals surface area contributed by atoms with Crippen molar-refractivity contribution in [3.05, 3.63) is 30.1 Å². The molecule has 0 aliphatic carbocycles. The van der Waals surface area contributed by atoms with Crippen LogP contribution >= 0.6 is 15.9 Å². The number of benzene rings is 1. The standard InChI is InChI=1S/C13H16BrN3O2S/c1-3-8-17-12(9-14)15-16-13(17)10-4-6-11(7-5-10)20(2,18)19/h4-7H,3,8-9H2,1-2H3. The Morgan fingerprint density at radius 2 is 1.85 bits per heavy atom. The summed E-state index contributed by atoms with van der Waals surface area (Å²) in [7, 11) is -3.17. The Balaban J connectivity index is 2.44. The molecule has 0 bridgehead atoms. The summed E-state index contributed by atoms with van der Waals surface area (Å²) >= 11 is 3.40. The van der Waals surface area contributed by atoms with E-state index in [1.54, 1.807) is 24.3 Å². The predicted octanol–water partition coefficient (Wildman–Crippen LogP) is 2.65. The van der Waals surface area contributed by atoms with E-state index in [0.29, 0.717) is 10.2 Å². The van der Waals surface area contributed by atoms with Gasteiger partial charge in [0.1, 0.15) is 5.82 Å². The number of halogens is 1. The van der Waals surface area contributed by atoms with Crippen LogP contribution < -0.4 is 0 Å². The molecule has 108 valence electrons. The third-order valence-electron chi connectivity index (χ3n) is 2.93. The van der Waals surface area contributed by atoms with Crippen LogP contribution in [0.1, 0.15) is 19.2 Å². The fraction of sp³-hybridized carbons (Fsp3) is 0.385. The van der Waals surface area contributed by atoms with Gasteiger partial charge in [0.05, 0.1) is 10.2 Å². The monoisotopic (exact) mass is 357 g/mol. The average molecular weight is 358 g/mol. The molecule has 20 heavy (non-hydrogen) atoms. The molecule has 0 unspecified atom stereocenters. The first-order valence-electron chi connectivity index (χ1n) is 6.26. The van der Waals surface area contributed by atoms with E-state index in [-0.39, 0.29) is 0 Å². The molecule has 0 aliphatic rings. The molecule has 0 N–H and O–H groups in total. The SMILES string of the molecule is CCCn1c(CBr)nnc1-c1ccc(S(C)(=O)=O)cc1. The van der Waals surface area contributed by atoms with Gasteiger partial charge in [0.15, 0.2) is 15.7 Å². The van der Waals surface area contributed by atoms with E-state index in [2.05, 4.69) is 33.1 Å². The van der Waals surface area contributed by atoms with Crippen molar-refractivity contribution in [1.29, 1.82) is 0 Å². The summed E-state index contributed by atoms with van der Waals surface area (Å²) in [5.41, 5.74) is 0.866. The molecule has 0 aliphatic heterocycles. The first-order valence-corrected chi connectivity index (χ1v) is 9.27. The van der Waals surface area contributed by atoms with Crippen molar-refractivity contribution < 1.29 is 8.42 Å². The molecule has 0 saturated heterocycles. The Hall–Kier alpha value is -1.21. The zero-order chi connectivity index (χ0) is 14.8. The normalized spacial score (nSPS) is 11.8. The molecule has 0 amide bonds. The Morgan fingerprint density at radius 3 is 2.35 bits per heavy atom.